The van der Waals surface area contributed by atoms with E-state index in [4.69, 9.17) is 9.63 Å². The molecule has 0 bridgehead atoms. The summed E-state index contributed by atoms with van der Waals surface area (Å²) in [6.45, 7) is 0.139. The van der Waals surface area contributed by atoms with Crippen molar-refractivity contribution in [2.75, 3.05) is 6.54 Å². The van der Waals surface area contributed by atoms with Crippen LogP contribution in [0, 0.1) is 23.4 Å². The summed E-state index contributed by atoms with van der Waals surface area (Å²) in [6, 6.07) is 2.47. The van der Waals surface area contributed by atoms with Crippen molar-refractivity contribution in [2.24, 2.45) is 5.92 Å². The molecule has 0 spiro atoms. The van der Waals surface area contributed by atoms with E-state index in [1.54, 1.807) is 0 Å². The Morgan fingerprint density at radius 3 is 2.46 bits per heavy atom. The number of phenolic OH excluding ortho intramolecular Hbond substituents is 1. The van der Waals surface area contributed by atoms with E-state index >= 15 is 0 Å². The zero-order chi connectivity index (χ0) is 25.3. The van der Waals surface area contributed by atoms with Gasteiger partial charge in [0.05, 0.1) is 11.1 Å². The van der Waals surface area contributed by atoms with Gasteiger partial charge in [0.15, 0.2) is 17.4 Å². The fourth-order valence-corrected chi connectivity index (χ4v) is 3.90. The molecule has 1 saturated carbocycles. The third-order valence-electron chi connectivity index (χ3n) is 5.89. The van der Waals surface area contributed by atoms with Crippen molar-refractivity contribution in [1.82, 2.24) is 20.4 Å². The monoisotopic (exact) mass is 500 g/mol. The van der Waals surface area contributed by atoms with Crippen LogP contribution in [0.5, 0.6) is 5.75 Å². The lowest BCUT2D eigenvalue weighted by atomic mass is 9.82. The average molecular weight is 500 g/mol. The van der Waals surface area contributed by atoms with Gasteiger partial charge in [-0.15, -0.1) is 0 Å². The minimum atomic E-state index is -4.50. The van der Waals surface area contributed by atoms with Crippen molar-refractivity contribution in [1.29, 1.82) is 0 Å². The van der Waals surface area contributed by atoms with Crippen LogP contribution in [0.15, 0.2) is 28.9 Å². The number of nitrogens with zero attached hydrogens (tertiary/aromatic N) is 3. The number of nitrogens with one attached hydrogen (secondary N) is 1. The van der Waals surface area contributed by atoms with E-state index in [1.807, 2.05) is 0 Å². The van der Waals surface area contributed by atoms with E-state index in [0.717, 1.165) is 12.1 Å². The molecule has 1 aliphatic rings. The van der Waals surface area contributed by atoms with Gasteiger partial charge in [-0.25, -0.2) is 8.78 Å². The number of hydrogen-bond donors (Lipinski definition) is 2. The first-order valence-corrected chi connectivity index (χ1v) is 10.6. The molecule has 0 aliphatic heterocycles. The maximum Gasteiger partial charge on any atom is 0.417 e. The number of halogens is 6. The lowest BCUT2D eigenvalue weighted by Gasteiger charge is -2.26. The molecular formula is C22H18F6N4O3. The van der Waals surface area contributed by atoms with Crippen LogP contribution < -0.4 is 5.32 Å². The molecule has 35 heavy (non-hydrogen) atoms. The highest BCUT2D eigenvalue weighted by atomic mass is 19.4. The van der Waals surface area contributed by atoms with Crippen molar-refractivity contribution < 1.29 is 40.8 Å². The zero-order valence-electron chi connectivity index (χ0n) is 17.9. The lowest BCUT2D eigenvalue weighted by molar-refractivity contribution is -0.137. The Morgan fingerprint density at radius 2 is 1.83 bits per heavy atom. The standard InChI is InChI=1S/C22H18F6N4O3/c23-14-7-13(16(24)17(25)18(14)33)20(34)30-8-10-1-3-11(4-2-10)21-31-19(32-35-21)15-6-5-12(9-29-15)22(26,27)28/h5-7,9-11,33H,1-4,8H2,(H,30,34)/t10-,11-. The van der Waals surface area contributed by atoms with E-state index in [-0.39, 0.29) is 29.9 Å². The first kappa shape index (κ1) is 24.5. The number of carbonyl (C=O) groups excluding carboxylic acids is 1. The van der Waals surface area contributed by atoms with Gasteiger partial charge in [-0.2, -0.15) is 22.5 Å². The molecule has 1 amide bonds. The first-order chi connectivity index (χ1) is 16.5. The maximum atomic E-state index is 13.9. The topological polar surface area (TPSA) is 101 Å². The van der Waals surface area contributed by atoms with Crippen LogP contribution in [0.3, 0.4) is 0 Å². The summed E-state index contributed by atoms with van der Waals surface area (Å²) in [5.41, 5.74) is -1.60. The molecule has 2 aromatic heterocycles. The molecule has 1 aliphatic carbocycles. The Bertz CT molecular complexity index is 1220. The Labute approximate surface area is 194 Å². The van der Waals surface area contributed by atoms with Crippen LogP contribution in [0.2, 0.25) is 0 Å². The molecule has 13 heteroatoms. The van der Waals surface area contributed by atoms with Gasteiger partial charge in [0.2, 0.25) is 17.5 Å². The fraction of sp³-hybridized carbons (Fsp3) is 0.364. The molecule has 1 fully saturated rings. The molecule has 1 aromatic carbocycles. The summed E-state index contributed by atoms with van der Waals surface area (Å²) >= 11 is 0. The molecule has 0 saturated heterocycles. The number of aromatic hydroxyl groups is 1. The Kier molecular flexibility index (Phi) is 6.68. The van der Waals surface area contributed by atoms with E-state index in [9.17, 15) is 31.1 Å². The molecule has 0 radical (unpaired) electrons. The van der Waals surface area contributed by atoms with E-state index < -0.39 is 46.4 Å². The first-order valence-electron chi connectivity index (χ1n) is 10.6. The summed E-state index contributed by atoms with van der Waals surface area (Å²) in [4.78, 5) is 20.1. The lowest BCUT2D eigenvalue weighted by Crippen LogP contribution is -2.32. The number of hydrogen-bond acceptors (Lipinski definition) is 6. The summed E-state index contributed by atoms with van der Waals surface area (Å²) in [6.07, 6.45) is -1.34. The third-order valence-corrected chi connectivity index (χ3v) is 5.89. The molecule has 7 nitrogen and oxygen atoms in total. The smallest absolute Gasteiger partial charge is 0.417 e. The number of rotatable bonds is 5. The highest BCUT2D eigenvalue weighted by Gasteiger charge is 2.31. The predicted octanol–water partition coefficient (Wildman–Crippen LogP) is 4.98. The summed E-state index contributed by atoms with van der Waals surface area (Å²) in [5.74, 6) is -7.12. The van der Waals surface area contributed by atoms with Gasteiger partial charge in [-0.05, 0) is 49.8 Å². The second-order valence-corrected chi connectivity index (χ2v) is 8.20. The van der Waals surface area contributed by atoms with Crippen LogP contribution in [0.1, 0.15) is 53.4 Å². The molecule has 4 rings (SSSR count). The third kappa shape index (κ3) is 5.23. The predicted molar refractivity (Wildman–Crippen MR) is 108 cm³/mol. The van der Waals surface area contributed by atoms with Gasteiger partial charge in [0.1, 0.15) is 5.69 Å². The normalized spacial score (nSPS) is 18.5. The number of benzene rings is 1. The molecule has 2 heterocycles. The van der Waals surface area contributed by atoms with Gasteiger partial charge in [0, 0.05) is 18.7 Å². The van der Waals surface area contributed by atoms with Crippen molar-refractivity contribution >= 4 is 5.91 Å². The number of pyridine rings is 1. The van der Waals surface area contributed by atoms with Gasteiger partial charge in [-0.1, -0.05) is 5.16 Å². The molecule has 2 N–H and O–H groups in total. The van der Waals surface area contributed by atoms with Crippen LogP contribution in [-0.2, 0) is 6.18 Å². The SMILES string of the molecule is O=C(NC[C@H]1CC[C@H](c2nc(-c3ccc(C(F)(F)F)cn3)no2)CC1)c1cc(F)c(O)c(F)c1F. The van der Waals surface area contributed by atoms with Crippen molar-refractivity contribution in [3.63, 3.8) is 0 Å². The van der Waals surface area contributed by atoms with E-state index in [2.05, 4.69) is 20.4 Å². The average Bonchev–Trinajstić information content (AvgIpc) is 3.34. The second-order valence-electron chi connectivity index (χ2n) is 8.20. The van der Waals surface area contributed by atoms with Crippen LogP contribution in [0.4, 0.5) is 26.3 Å². The molecule has 3 aromatic rings. The van der Waals surface area contributed by atoms with Gasteiger partial charge in [0.25, 0.3) is 5.91 Å². The highest BCUT2D eigenvalue weighted by molar-refractivity contribution is 5.94. The number of carbonyl (C=O) groups is 1. The van der Waals surface area contributed by atoms with Crippen molar-refractivity contribution in [3.8, 4) is 17.3 Å². The minimum absolute atomic E-state index is 0.00374. The Morgan fingerprint density at radius 1 is 1.11 bits per heavy atom. The Balaban J connectivity index is 1.31. The second kappa shape index (κ2) is 9.55. The van der Waals surface area contributed by atoms with E-state index in [1.165, 1.54) is 0 Å². The molecule has 186 valence electrons. The van der Waals surface area contributed by atoms with Crippen molar-refractivity contribution in [2.45, 2.75) is 37.8 Å². The highest BCUT2D eigenvalue weighted by Crippen LogP contribution is 2.36. The van der Waals surface area contributed by atoms with Crippen LogP contribution >= 0.6 is 0 Å². The van der Waals surface area contributed by atoms with Gasteiger partial charge in [-0.3, -0.25) is 9.78 Å². The molecular weight excluding hydrogens is 482 g/mol. The number of amides is 1. The fourth-order valence-electron chi connectivity index (χ4n) is 3.90. The molecule has 0 atom stereocenters. The molecule has 0 unspecified atom stereocenters. The summed E-state index contributed by atoms with van der Waals surface area (Å²) in [7, 11) is 0. The summed E-state index contributed by atoms with van der Waals surface area (Å²) < 4.78 is 84.1. The number of phenols is 1. The van der Waals surface area contributed by atoms with Crippen molar-refractivity contribution in [3.05, 3.63) is 58.9 Å². The largest absolute Gasteiger partial charge is 0.503 e. The van der Waals surface area contributed by atoms with Crippen LogP contribution in [-0.4, -0.2) is 32.7 Å². The summed E-state index contributed by atoms with van der Waals surface area (Å²) in [5, 5.41) is 15.3. The zero-order valence-corrected chi connectivity index (χ0v) is 17.9. The van der Waals surface area contributed by atoms with Gasteiger partial charge >= 0.3 is 6.18 Å². The van der Waals surface area contributed by atoms with E-state index in [0.29, 0.717) is 43.8 Å². The Hall–Kier alpha value is -3.64. The quantitative estimate of drug-likeness (QED) is 0.379. The maximum absolute atomic E-state index is 13.9. The minimum Gasteiger partial charge on any atom is -0.503 e. The number of aromatic nitrogens is 3. The number of alkyl halides is 3. The van der Waals surface area contributed by atoms with Crippen LogP contribution in [0.25, 0.3) is 11.5 Å². The van der Waals surface area contributed by atoms with Gasteiger partial charge < -0.3 is 14.9 Å².